The maximum atomic E-state index is 12.9. The van der Waals surface area contributed by atoms with Crippen LogP contribution in [0.15, 0.2) is 15.3 Å². The molecule has 1 aliphatic rings. The summed E-state index contributed by atoms with van der Waals surface area (Å²) < 4.78 is 38.9. The SMILES string of the molecule is CC1=[O+][B-](F)(F)Oc2cc(C)oc(=O)c21. The van der Waals surface area contributed by atoms with Gasteiger partial charge in [0, 0.05) is 13.0 Å². The van der Waals surface area contributed by atoms with Gasteiger partial charge in [0.2, 0.25) is 0 Å². The molecular weight excluding hydrogens is 209 g/mol. The molecule has 4 nitrogen and oxygen atoms in total. The van der Waals surface area contributed by atoms with Crippen molar-refractivity contribution in [2.24, 2.45) is 0 Å². The molecule has 0 spiro atoms. The molecule has 0 N–H and O–H groups in total. The lowest BCUT2D eigenvalue weighted by Crippen LogP contribution is -2.37. The van der Waals surface area contributed by atoms with Gasteiger partial charge in [-0.05, 0) is 6.92 Å². The Morgan fingerprint density at radius 2 is 2.07 bits per heavy atom. The minimum absolute atomic E-state index is 0.0894. The van der Waals surface area contributed by atoms with E-state index in [1.165, 1.54) is 19.9 Å². The van der Waals surface area contributed by atoms with E-state index in [-0.39, 0.29) is 22.9 Å². The summed E-state index contributed by atoms with van der Waals surface area (Å²) in [5, 5.41) is 0. The summed E-state index contributed by atoms with van der Waals surface area (Å²) in [6.07, 6.45) is 0. The smallest absolute Gasteiger partial charge is 0.568 e. The van der Waals surface area contributed by atoms with Gasteiger partial charge in [0.25, 0.3) is 5.78 Å². The normalized spacial score (nSPS) is 17.7. The summed E-state index contributed by atoms with van der Waals surface area (Å²) in [7, 11) is -4.38. The van der Waals surface area contributed by atoms with E-state index in [2.05, 4.69) is 9.00 Å². The molecule has 0 amide bonds. The molecule has 0 bridgehead atoms. The molecule has 1 aliphatic heterocycles. The maximum Gasteiger partial charge on any atom is 0.994 e. The fourth-order valence-electron chi connectivity index (χ4n) is 1.43. The van der Waals surface area contributed by atoms with Crippen molar-refractivity contribution in [3.05, 3.63) is 27.8 Å². The van der Waals surface area contributed by atoms with E-state index < -0.39 is 12.7 Å². The van der Waals surface area contributed by atoms with Crippen molar-refractivity contribution in [1.29, 1.82) is 0 Å². The molecule has 2 heterocycles. The number of carbonyl (C=O) groups excluding carboxylic acids is 1. The molecule has 1 aromatic heterocycles. The quantitative estimate of drug-likeness (QED) is 0.487. The van der Waals surface area contributed by atoms with Gasteiger partial charge < -0.3 is 22.0 Å². The standard InChI is InChI=1S/C8H7BF2O4/c1-4-3-6-7(8(12)13-4)5(2)14-9(10,11)15-6/h3H,1-2H3. The van der Waals surface area contributed by atoms with Crippen LogP contribution >= 0.6 is 0 Å². The number of hydrogen-bond donors (Lipinski definition) is 0. The highest BCUT2D eigenvalue weighted by atomic mass is 19.3. The van der Waals surface area contributed by atoms with E-state index in [0.29, 0.717) is 0 Å². The van der Waals surface area contributed by atoms with Gasteiger partial charge in [-0.25, -0.2) is 4.79 Å². The first-order valence-corrected chi connectivity index (χ1v) is 4.26. The molecule has 0 atom stereocenters. The topological polar surface area (TPSA) is 50.7 Å². The lowest BCUT2D eigenvalue weighted by molar-refractivity contribution is -0.182. The van der Waals surface area contributed by atoms with Crippen LogP contribution in [-0.2, 0) is 0 Å². The van der Waals surface area contributed by atoms with Crippen LogP contribution in [0.5, 0.6) is 5.75 Å². The zero-order valence-corrected chi connectivity index (χ0v) is 8.04. The zero-order chi connectivity index (χ0) is 11.2. The minimum Gasteiger partial charge on any atom is -0.568 e. The molecule has 1 aromatic rings. The largest absolute Gasteiger partial charge is 0.994 e. The number of ketones is 1. The summed E-state index contributed by atoms with van der Waals surface area (Å²) in [6.45, 7) is 2.74. The van der Waals surface area contributed by atoms with Crippen molar-refractivity contribution < 1.29 is 22.0 Å². The maximum absolute atomic E-state index is 12.9. The molecule has 7 heteroatoms. The van der Waals surface area contributed by atoms with Crippen molar-refractivity contribution in [1.82, 2.24) is 0 Å². The Hall–Kier alpha value is -1.66. The minimum atomic E-state index is -4.38. The van der Waals surface area contributed by atoms with E-state index in [9.17, 15) is 13.4 Å². The van der Waals surface area contributed by atoms with Crippen LogP contribution in [0.2, 0.25) is 0 Å². The molecule has 0 saturated carbocycles. The Balaban J connectivity index is 2.70. The second-order valence-corrected chi connectivity index (χ2v) is 3.21. The highest BCUT2D eigenvalue weighted by Crippen LogP contribution is 2.27. The monoisotopic (exact) mass is 216 g/mol. The molecule has 0 fully saturated rings. The van der Waals surface area contributed by atoms with Crippen molar-refractivity contribution >= 4 is 12.9 Å². The van der Waals surface area contributed by atoms with Crippen molar-refractivity contribution in [3.8, 4) is 5.75 Å². The van der Waals surface area contributed by atoms with Gasteiger partial charge in [-0.15, -0.1) is 0 Å². The predicted octanol–water partition coefficient (Wildman–Crippen LogP) is 1.45. The molecular formula is C8H7BF2O4. The van der Waals surface area contributed by atoms with E-state index in [1.807, 2.05) is 0 Å². The molecule has 80 valence electrons. The Kier molecular flexibility index (Phi) is 1.92. The first-order chi connectivity index (χ1) is 6.89. The predicted molar refractivity (Wildman–Crippen MR) is 48.3 cm³/mol. The summed E-state index contributed by atoms with van der Waals surface area (Å²) >= 11 is 0. The van der Waals surface area contributed by atoms with Gasteiger partial charge in [0.05, 0.1) is 0 Å². The van der Waals surface area contributed by atoms with Crippen molar-refractivity contribution in [3.63, 3.8) is 0 Å². The van der Waals surface area contributed by atoms with Gasteiger partial charge >= 0.3 is 12.7 Å². The third-order valence-corrected chi connectivity index (χ3v) is 1.97. The van der Waals surface area contributed by atoms with Crippen LogP contribution in [0.4, 0.5) is 8.63 Å². The van der Waals surface area contributed by atoms with Crippen LogP contribution in [-0.4, -0.2) is 12.9 Å². The molecule has 0 aromatic carbocycles. The lowest BCUT2D eigenvalue weighted by atomic mass is 10.1. The van der Waals surface area contributed by atoms with Gasteiger partial charge in [-0.3, -0.25) is 0 Å². The van der Waals surface area contributed by atoms with Crippen LogP contribution in [0.1, 0.15) is 22.6 Å². The van der Waals surface area contributed by atoms with Crippen molar-refractivity contribution in [2.45, 2.75) is 13.8 Å². The summed E-state index contributed by atoms with van der Waals surface area (Å²) in [4.78, 5) is 11.3. The van der Waals surface area contributed by atoms with Crippen LogP contribution < -0.4 is 10.3 Å². The molecule has 0 unspecified atom stereocenters. The van der Waals surface area contributed by atoms with Crippen LogP contribution in [0, 0.1) is 6.92 Å². The number of fused-ring (bicyclic) bond motifs is 1. The Labute approximate surface area is 83.2 Å². The zero-order valence-electron chi connectivity index (χ0n) is 8.04. The van der Waals surface area contributed by atoms with E-state index in [4.69, 9.17) is 4.42 Å². The van der Waals surface area contributed by atoms with Crippen LogP contribution in [0.3, 0.4) is 0 Å². The number of rotatable bonds is 0. The molecule has 0 saturated heterocycles. The Morgan fingerprint density at radius 1 is 1.40 bits per heavy atom. The summed E-state index contributed by atoms with van der Waals surface area (Å²) in [6, 6.07) is 1.23. The van der Waals surface area contributed by atoms with Crippen molar-refractivity contribution in [2.75, 3.05) is 0 Å². The van der Waals surface area contributed by atoms with Crippen LogP contribution in [0.25, 0.3) is 0 Å². The molecule has 15 heavy (non-hydrogen) atoms. The summed E-state index contributed by atoms with van der Waals surface area (Å²) in [5.74, 6) is -0.174. The van der Waals surface area contributed by atoms with E-state index in [1.54, 1.807) is 0 Å². The molecule has 2 rings (SSSR count). The fourth-order valence-corrected chi connectivity index (χ4v) is 1.43. The molecule has 0 radical (unpaired) electrons. The van der Waals surface area contributed by atoms with E-state index >= 15 is 0 Å². The first-order valence-electron chi connectivity index (χ1n) is 4.26. The number of hydrogen-bond acceptors (Lipinski definition) is 3. The first kappa shape index (κ1) is 9.88. The van der Waals surface area contributed by atoms with Gasteiger partial charge in [-0.1, -0.05) is 0 Å². The number of halogens is 2. The second kappa shape index (κ2) is 2.92. The van der Waals surface area contributed by atoms with Gasteiger partial charge in [0.1, 0.15) is 11.5 Å². The second-order valence-electron chi connectivity index (χ2n) is 3.21. The molecule has 0 aliphatic carbocycles. The van der Waals surface area contributed by atoms with Gasteiger partial charge in [-0.2, -0.15) is 0 Å². The summed E-state index contributed by atoms with van der Waals surface area (Å²) in [5.41, 5.74) is -0.831. The third-order valence-electron chi connectivity index (χ3n) is 1.97. The fraction of sp³-hybridized carbons (Fsp3) is 0.250. The lowest BCUT2D eigenvalue weighted by Gasteiger charge is -2.18. The van der Waals surface area contributed by atoms with E-state index in [0.717, 1.165) is 0 Å². The highest BCUT2D eigenvalue weighted by molar-refractivity contribution is 6.52. The van der Waals surface area contributed by atoms with Gasteiger partial charge in [0.15, 0.2) is 5.56 Å². The number of aryl methyl sites for hydroxylation is 1. The Morgan fingerprint density at radius 3 is 2.73 bits per heavy atom. The average molecular weight is 216 g/mol. The average Bonchev–Trinajstić information content (AvgIpc) is 1.97. The highest BCUT2D eigenvalue weighted by Gasteiger charge is 2.54. The Bertz CT molecular complexity index is 506. The third kappa shape index (κ3) is 1.64.